The highest BCUT2D eigenvalue weighted by molar-refractivity contribution is 7.93. The van der Waals surface area contributed by atoms with Gasteiger partial charge in [0.25, 0.3) is 10.0 Å². The first kappa shape index (κ1) is 18.5. The number of hydrogen-bond donors (Lipinski definition) is 1. The van der Waals surface area contributed by atoms with E-state index in [1.807, 2.05) is 0 Å². The normalized spacial score (nSPS) is 16.5. The predicted octanol–water partition coefficient (Wildman–Crippen LogP) is 2.17. The first-order valence-corrected chi connectivity index (χ1v) is 10.8. The first-order valence-electron chi connectivity index (χ1n) is 7.70. The lowest BCUT2D eigenvalue weighted by Crippen LogP contribution is -2.25. The van der Waals surface area contributed by atoms with Crippen molar-refractivity contribution in [1.29, 1.82) is 0 Å². The molecule has 0 saturated carbocycles. The van der Waals surface area contributed by atoms with Gasteiger partial charge in [-0.3, -0.25) is 9.03 Å². The summed E-state index contributed by atoms with van der Waals surface area (Å²) < 4.78 is 71.0. The van der Waals surface area contributed by atoms with Gasteiger partial charge in [-0.15, -0.1) is 0 Å². The molecule has 1 heterocycles. The second-order valence-electron chi connectivity index (χ2n) is 5.69. The molecule has 1 aliphatic rings. The fraction of sp³-hybridized carbons (Fsp3) is 0.250. The minimum atomic E-state index is -4.02. The maximum Gasteiger partial charge on any atom is 0.262 e. The minimum absolute atomic E-state index is 0.0727. The van der Waals surface area contributed by atoms with Gasteiger partial charge in [0.1, 0.15) is 11.6 Å². The van der Waals surface area contributed by atoms with Crippen molar-refractivity contribution in [3.8, 4) is 5.75 Å². The van der Waals surface area contributed by atoms with E-state index in [1.165, 1.54) is 41.7 Å². The molecule has 1 fully saturated rings. The van der Waals surface area contributed by atoms with Gasteiger partial charge < -0.3 is 4.74 Å². The maximum absolute atomic E-state index is 13.3. The van der Waals surface area contributed by atoms with E-state index in [2.05, 4.69) is 4.72 Å². The van der Waals surface area contributed by atoms with Crippen LogP contribution in [0.1, 0.15) is 6.42 Å². The number of nitrogens with one attached hydrogen (secondary N) is 1. The van der Waals surface area contributed by atoms with E-state index in [9.17, 15) is 21.2 Å². The second kappa shape index (κ2) is 6.76. The van der Waals surface area contributed by atoms with Crippen LogP contribution < -0.4 is 13.8 Å². The Labute approximate surface area is 151 Å². The van der Waals surface area contributed by atoms with Crippen LogP contribution in [0.3, 0.4) is 0 Å². The monoisotopic (exact) mass is 400 g/mol. The molecule has 3 rings (SSSR count). The Morgan fingerprint density at radius 3 is 2.58 bits per heavy atom. The van der Waals surface area contributed by atoms with E-state index in [-0.39, 0.29) is 22.1 Å². The maximum atomic E-state index is 13.3. The fourth-order valence-corrected chi connectivity index (χ4v) is 5.34. The molecule has 1 saturated heterocycles. The fourth-order valence-electron chi connectivity index (χ4n) is 2.69. The van der Waals surface area contributed by atoms with Crippen LogP contribution in [0.15, 0.2) is 47.4 Å². The molecule has 140 valence electrons. The third kappa shape index (κ3) is 3.61. The molecule has 0 aromatic heterocycles. The van der Waals surface area contributed by atoms with Crippen LogP contribution in [0.2, 0.25) is 0 Å². The molecule has 1 N–H and O–H groups in total. The van der Waals surface area contributed by atoms with E-state index in [4.69, 9.17) is 4.74 Å². The number of ether oxygens (including phenoxy) is 1. The van der Waals surface area contributed by atoms with E-state index in [1.54, 1.807) is 0 Å². The molecule has 0 unspecified atom stereocenters. The Kier molecular flexibility index (Phi) is 4.80. The highest BCUT2D eigenvalue weighted by Crippen LogP contribution is 2.34. The SMILES string of the molecule is COc1cc(N2CCCS2(=O)=O)ccc1NS(=O)(=O)c1cccc(F)c1. The highest BCUT2D eigenvalue weighted by atomic mass is 32.2. The molecule has 10 heteroatoms. The highest BCUT2D eigenvalue weighted by Gasteiger charge is 2.29. The molecule has 0 bridgehead atoms. The summed E-state index contributed by atoms with van der Waals surface area (Å²) in [6.45, 7) is 0.361. The minimum Gasteiger partial charge on any atom is -0.494 e. The summed E-state index contributed by atoms with van der Waals surface area (Å²) in [5.74, 6) is -0.442. The van der Waals surface area contributed by atoms with Crippen molar-refractivity contribution in [3.63, 3.8) is 0 Å². The van der Waals surface area contributed by atoms with Crippen LogP contribution in [0.25, 0.3) is 0 Å². The van der Waals surface area contributed by atoms with Crippen molar-refractivity contribution >= 4 is 31.4 Å². The summed E-state index contributed by atoms with van der Waals surface area (Å²) in [7, 11) is -6.04. The zero-order chi connectivity index (χ0) is 18.9. The molecule has 7 nitrogen and oxygen atoms in total. The van der Waals surface area contributed by atoms with E-state index in [0.717, 1.165) is 12.1 Å². The molecule has 2 aromatic rings. The Morgan fingerprint density at radius 1 is 1.19 bits per heavy atom. The van der Waals surface area contributed by atoms with Crippen molar-refractivity contribution in [2.24, 2.45) is 0 Å². The van der Waals surface area contributed by atoms with Crippen molar-refractivity contribution in [2.45, 2.75) is 11.3 Å². The van der Waals surface area contributed by atoms with E-state index < -0.39 is 25.9 Å². The summed E-state index contributed by atoms with van der Waals surface area (Å²) in [6, 6.07) is 8.97. The third-order valence-electron chi connectivity index (χ3n) is 3.92. The number of rotatable bonds is 5. The number of benzene rings is 2. The molecule has 0 radical (unpaired) electrons. The van der Waals surface area contributed by atoms with Crippen LogP contribution in [0, 0.1) is 5.82 Å². The Hall–Kier alpha value is -2.33. The number of hydrogen-bond acceptors (Lipinski definition) is 5. The lowest BCUT2D eigenvalue weighted by Gasteiger charge is -2.19. The average Bonchev–Trinajstić information content (AvgIpc) is 2.94. The number of nitrogens with zero attached hydrogens (tertiary/aromatic N) is 1. The summed E-state index contributed by atoms with van der Waals surface area (Å²) in [5.41, 5.74) is 0.519. The summed E-state index contributed by atoms with van der Waals surface area (Å²) in [6.07, 6.45) is 0.526. The Morgan fingerprint density at radius 2 is 1.96 bits per heavy atom. The molecular weight excluding hydrogens is 383 g/mol. The second-order valence-corrected chi connectivity index (χ2v) is 9.38. The van der Waals surface area contributed by atoms with Gasteiger partial charge in [-0.2, -0.15) is 0 Å². The van der Waals surface area contributed by atoms with Crippen LogP contribution in [0.5, 0.6) is 5.75 Å². The van der Waals surface area contributed by atoms with E-state index in [0.29, 0.717) is 18.7 Å². The number of anilines is 2. The van der Waals surface area contributed by atoms with Crippen molar-refractivity contribution in [2.75, 3.05) is 28.4 Å². The summed E-state index contributed by atoms with van der Waals surface area (Å²) in [5, 5.41) is 0. The van der Waals surface area contributed by atoms with Gasteiger partial charge in [-0.05, 0) is 36.8 Å². The zero-order valence-corrected chi connectivity index (χ0v) is 15.5. The largest absolute Gasteiger partial charge is 0.494 e. The topological polar surface area (TPSA) is 92.8 Å². The Bertz CT molecular complexity index is 1040. The standard InChI is InChI=1S/C16H17FN2O5S2/c1-24-16-11-13(19-8-3-9-25(19,20)21)6-7-15(16)18-26(22,23)14-5-2-4-12(17)10-14/h2,4-7,10-11,18H,3,8-9H2,1H3. The zero-order valence-electron chi connectivity index (χ0n) is 13.8. The molecular formula is C16H17FN2O5S2. The molecule has 1 aliphatic heterocycles. The van der Waals surface area contributed by atoms with Gasteiger partial charge in [0, 0.05) is 12.6 Å². The molecule has 0 atom stereocenters. The molecule has 26 heavy (non-hydrogen) atoms. The van der Waals surface area contributed by atoms with Gasteiger partial charge >= 0.3 is 0 Å². The van der Waals surface area contributed by atoms with E-state index >= 15 is 0 Å². The number of halogens is 1. The van der Waals surface area contributed by atoms with Crippen LogP contribution >= 0.6 is 0 Å². The molecule has 0 spiro atoms. The Balaban J connectivity index is 1.94. The van der Waals surface area contributed by atoms with Crippen molar-refractivity contribution in [3.05, 3.63) is 48.3 Å². The average molecular weight is 400 g/mol. The van der Waals surface area contributed by atoms with Crippen molar-refractivity contribution in [1.82, 2.24) is 0 Å². The lowest BCUT2D eigenvalue weighted by atomic mass is 10.2. The summed E-state index contributed by atoms with van der Waals surface area (Å²) >= 11 is 0. The molecule has 2 aromatic carbocycles. The van der Waals surface area contributed by atoms with Gasteiger partial charge in [-0.25, -0.2) is 21.2 Å². The smallest absolute Gasteiger partial charge is 0.262 e. The predicted molar refractivity (Wildman–Crippen MR) is 96.0 cm³/mol. The molecule has 0 aliphatic carbocycles. The third-order valence-corrected chi connectivity index (χ3v) is 7.16. The van der Waals surface area contributed by atoms with Gasteiger partial charge in [0.05, 0.1) is 29.1 Å². The lowest BCUT2D eigenvalue weighted by molar-refractivity contribution is 0.417. The van der Waals surface area contributed by atoms with Gasteiger partial charge in [0.15, 0.2) is 0 Å². The molecule has 0 amide bonds. The van der Waals surface area contributed by atoms with Crippen LogP contribution in [-0.4, -0.2) is 36.2 Å². The number of methoxy groups -OCH3 is 1. The quantitative estimate of drug-likeness (QED) is 0.830. The van der Waals surface area contributed by atoms with Crippen LogP contribution in [0.4, 0.5) is 15.8 Å². The van der Waals surface area contributed by atoms with Crippen molar-refractivity contribution < 1.29 is 26.0 Å². The first-order chi connectivity index (χ1) is 12.2. The number of sulfonamides is 2. The van der Waals surface area contributed by atoms with Gasteiger partial charge in [-0.1, -0.05) is 6.07 Å². The van der Waals surface area contributed by atoms with Gasteiger partial charge in [0.2, 0.25) is 10.0 Å². The summed E-state index contributed by atoms with van der Waals surface area (Å²) in [4.78, 5) is -0.231. The van der Waals surface area contributed by atoms with Crippen LogP contribution in [-0.2, 0) is 20.0 Å².